The molecule has 2 aromatic carbocycles. The van der Waals surface area contributed by atoms with Crippen LogP contribution in [0.3, 0.4) is 0 Å². The summed E-state index contributed by atoms with van der Waals surface area (Å²) in [6.07, 6.45) is -4.10. The summed E-state index contributed by atoms with van der Waals surface area (Å²) in [6, 6.07) is 14.4. The average molecular weight is 421 g/mol. The highest BCUT2D eigenvalue weighted by molar-refractivity contribution is 8.00. The number of carbonyl (C=O) groups is 1. The lowest BCUT2D eigenvalue weighted by molar-refractivity contribution is -0.139. The van der Waals surface area contributed by atoms with Gasteiger partial charge < -0.3 is 4.74 Å². The summed E-state index contributed by atoms with van der Waals surface area (Å²) in [6.45, 7) is 1.64. The Balaban J connectivity index is 2.06. The first-order chi connectivity index (χ1) is 13.8. The van der Waals surface area contributed by atoms with Crippen molar-refractivity contribution in [3.8, 4) is 5.69 Å². The van der Waals surface area contributed by atoms with Gasteiger partial charge in [-0.25, -0.2) is 0 Å². The van der Waals surface area contributed by atoms with E-state index in [1.165, 1.54) is 13.2 Å². The molecule has 0 saturated carbocycles. The van der Waals surface area contributed by atoms with E-state index in [1.54, 1.807) is 17.6 Å². The van der Waals surface area contributed by atoms with Crippen LogP contribution in [-0.4, -0.2) is 33.1 Å². The molecule has 0 unspecified atom stereocenters. The summed E-state index contributed by atoms with van der Waals surface area (Å²) in [4.78, 5) is 11.8. The molecule has 1 aromatic heterocycles. The molecular formula is C20H18F3N3O2S. The van der Waals surface area contributed by atoms with Crippen LogP contribution in [0.4, 0.5) is 13.2 Å². The molecule has 1 atom stereocenters. The van der Waals surface area contributed by atoms with Gasteiger partial charge in [0, 0.05) is 6.42 Å². The molecule has 0 radical (unpaired) electrons. The summed E-state index contributed by atoms with van der Waals surface area (Å²) in [5, 5.41) is 8.02. The second-order valence-electron chi connectivity index (χ2n) is 6.23. The van der Waals surface area contributed by atoms with Crippen molar-refractivity contribution in [1.29, 1.82) is 0 Å². The number of carbonyl (C=O) groups excluding carboxylic acids is 1. The van der Waals surface area contributed by atoms with Gasteiger partial charge in [0.1, 0.15) is 11.1 Å². The van der Waals surface area contributed by atoms with E-state index in [0.29, 0.717) is 17.4 Å². The Kier molecular flexibility index (Phi) is 6.26. The second-order valence-corrected chi connectivity index (χ2v) is 7.54. The third-order valence-electron chi connectivity index (χ3n) is 4.15. The fraction of sp³-hybridized carbons (Fsp3) is 0.250. The molecule has 0 aliphatic carbocycles. The minimum atomic E-state index is -4.48. The zero-order chi connectivity index (χ0) is 21.0. The van der Waals surface area contributed by atoms with Crippen molar-refractivity contribution in [3.63, 3.8) is 0 Å². The van der Waals surface area contributed by atoms with Crippen LogP contribution in [0.25, 0.3) is 5.69 Å². The van der Waals surface area contributed by atoms with Crippen LogP contribution in [0.15, 0.2) is 59.8 Å². The molecule has 3 aromatic rings. The predicted octanol–water partition coefficient (Wildman–Crippen LogP) is 4.53. The number of thioether (sulfide) groups is 1. The minimum Gasteiger partial charge on any atom is -0.468 e. The Morgan fingerprint density at radius 2 is 1.86 bits per heavy atom. The number of alkyl halides is 3. The van der Waals surface area contributed by atoms with E-state index in [9.17, 15) is 18.0 Å². The summed E-state index contributed by atoms with van der Waals surface area (Å²) >= 11 is 1.08. The Labute approximate surface area is 169 Å². The molecule has 0 aliphatic rings. The highest BCUT2D eigenvalue weighted by Crippen LogP contribution is 2.32. The van der Waals surface area contributed by atoms with Gasteiger partial charge in [0.05, 0.1) is 18.4 Å². The van der Waals surface area contributed by atoms with Gasteiger partial charge in [0.25, 0.3) is 0 Å². The molecule has 29 heavy (non-hydrogen) atoms. The number of aromatic nitrogens is 3. The lowest BCUT2D eigenvalue weighted by Gasteiger charge is -2.14. The monoisotopic (exact) mass is 421 g/mol. The lowest BCUT2D eigenvalue weighted by atomic mass is 10.1. The maximum absolute atomic E-state index is 13.2. The number of hydrogen-bond donors (Lipinski definition) is 0. The molecule has 0 aliphatic heterocycles. The molecule has 0 amide bonds. The fourth-order valence-electron chi connectivity index (χ4n) is 2.72. The highest BCUT2D eigenvalue weighted by Gasteiger charge is 2.31. The topological polar surface area (TPSA) is 57.0 Å². The molecule has 0 bridgehead atoms. The van der Waals surface area contributed by atoms with Gasteiger partial charge in [-0.05, 0) is 30.7 Å². The van der Waals surface area contributed by atoms with Crippen LogP contribution < -0.4 is 0 Å². The SMILES string of the molecule is COC(=O)[C@@H](C)Sc1nnc(Cc2ccccc2)n1-c1cccc(C(F)(F)F)c1. The van der Waals surface area contributed by atoms with E-state index >= 15 is 0 Å². The van der Waals surface area contributed by atoms with Gasteiger partial charge in [-0.15, -0.1) is 10.2 Å². The van der Waals surface area contributed by atoms with Crippen LogP contribution >= 0.6 is 11.8 Å². The first kappa shape index (κ1) is 20.9. The first-order valence-corrected chi connectivity index (χ1v) is 9.58. The van der Waals surface area contributed by atoms with Gasteiger partial charge in [0.15, 0.2) is 5.16 Å². The van der Waals surface area contributed by atoms with Crippen LogP contribution in [0, 0.1) is 0 Å². The Morgan fingerprint density at radius 1 is 1.14 bits per heavy atom. The minimum absolute atomic E-state index is 0.273. The van der Waals surface area contributed by atoms with Gasteiger partial charge in [0.2, 0.25) is 0 Å². The lowest BCUT2D eigenvalue weighted by Crippen LogP contribution is -2.16. The smallest absolute Gasteiger partial charge is 0.416 e. The number of nitrogens with zero attached hydrogens (tertiary/aromatic N) is 3. The third kappa shape index (κ3) is 4.97. The average Bonchev–Trinajstić information content (AvgIpc) is 3.09. The normalized spacial score (nSPS) is 12.6. The van der Waals surface area contributed by atoms with E-state index in [4.69, 9.17) is 4.74 Å². The Bertz CT molecular complexity index is 990. The number of ether oxygens (including phenoxy) is 1. The maximum Gasteiger partial charge on any atom is 0.416 e. The molecule has 0 fully saturated rings. The maximum atomic E-state index is 13.2. The molecule has 9 heteroatoms. The number of methoxy groups -OCH3 is 1. The molecule has 0 saturated heterocycles. The molecule has 1 heterocycles. The third-order valence-corrected chi connectivity index (χ3v) is 5.17. The molecule has 0 spiro atoms. The number of rotatable bonds is 6. The van der Waals surface area contributed by atoms with E-state index < -0.39 is 23.0 Å². The van der Waals surface area contributed by atoms with Crippen molar-refractivity contribution < 1.29 is 22.7 Å². The fourth-order valence-corrected chi connectivity index (χ4v) is 3.64. The summed E-state index contributed by atoms with van der Waals surface area (Å²) in [5.74, 6) is 0.00768. The predicted molar refractivity (Wildman–Crippen MR) is 103 cm³/mol. The largest absolute Gasteiger partial charge is 0.468 e. The van der Waals surface area contributed by atoms with Crippen molar-refractivity contribution in [2.24, 2.45) is 0 Å². The van der Waals surface area contributed by atoms with Crippen LogP contribution in [0.1, 0.15) is 23.9 Å². The summed E-state index contributed by atoms with van der Waals surface area (Å²) in [5.41, 5.74) is 0.437. The molecular weight excluding hydrogens is 403 g/mol. The number of esters is 1. The van der Waals surface area contributed by atoms with E-state index in [0.717, 1.165) is 29.5 Å². The Hall–Kier alpha value is -2.81. The molecule has 5 nitrogen and oxygen atoms in total. The van der Waals surface area contributed by atoms with Gasteiger partial charge >= 0.3 is 12.1 Å². The van der Waals surface area contributed by atoms with Crippen molar-refractivity contribution in [2.75, 3.05) is 7.11 Å². The zero-order valence-electron chi connectivity index (χ0n) is 15.7. The summed E-state index contributed by atoms with van der Waals surface area (Å²) in [7, 11) is 1.28. The van der Waals surface area contributed by atoms with Gasteiger partial charge in [-0.3, -0.25) is 9.36 Å². The molecule has 152 valence electrons. The Morgan fingerprint density at radius 3 is 2.52 bits per heavy atom. The summed E-state index contributed by atoms with van der Waals surface area (Å²) < 4.78 is 45.9. The van der Waals surface area contributed by atoms with Crippen molar-refractivity contribution >= 4 is 17.7 Å². The number of benzene rings is 2. The highest BCUT2D eigenvalue weighted by atomic mass is 32.2. The second kappa shape index (κ2) is 8.69. The van der Waals surface area contributed by atoms with Crippen molar-refractivity contribution in [2.45, 2.75) is 29.9 Å². The van der Waals surface area contributed by atoms with Gasteiger partial charge in [-0.2, -0.15) is 13.2 Å². The quantitative estimate of drug-likeness (QED) is 0.432. The van der Waals surface area contributed by atoms with E-state index in [1.807, 2.05) is 30.3 Å². The zero-order valence-corrected chi connectivity index (χ0v) is 16.5. The van der Waals surface area contributed by atoms with Crippen LogP contribution in [0.2, 0.25) is 0 Å². The van der Waals surface area contributed by atoms with E-state index in [2.05, 4.69) is 10.2 Å². The standard InChI is InChI=1S/C20H18F3N3O2S/c1-13(18(27)28-2)29-19-25-24-17(11-14-7-4-3-5-8-14)26(19)16-10-6-9-15(12-16)20(21,22)23/h3-10,12-13H,11H2,1-2H3/t13-/m1/s1. The number of halogens is 3. The first-order valence-electron chi connectivity index (χ1n) is 8.70. The van der Waals surface area contributed by atoms with Crippen LogP contribution in [0.5, 0.6) is 0 Å². The number of hydrogen-bond acceptors (Lipinski definition) is 5. The molecule has 3 rings (SSSR count). The van der Waals surface area contributed by atoms with Crippen molar-refractivity contribution in [1.82, 2.24) is 14.8 Å². The van der Waals surface area contributed by atoms with Gasteiger partial charge in [-0.1, -0.05) is 48.2 Å². The van der Waals surface area contributed by atoms with E-state index in [-0.39, 0.29) is 5.69 Å². The van der Waals surface area contributed by atoms with Crippen molar-refractivity contribution in [3.05, 3.63) is 71.5 Å². The van der Waals surface area contributed by atoms with Crippen LogP contribution in [-0.2, 0) is 22.1 Å². The molecule has 0 N–H and O–H groups in total.